The van der Waals surface area contributed by atoms with Crippen LogP contribution in [0.1, 0.15) is 63.8 Å². The Bertz CT molecular complexity index is 5750. The largest absolute Gasteiger partial charge is 0.507 e. The molecule has 0 unspecified atom stereocenters. The van der Waals surface area contributed by atoms with Crippen molar-refractivity contribution in [3.8, 4) is 119 Å². The van der Waals surface area contributed by atoms with Crippen LogP contribution in [0, 0.1) is 27.7 Å². The molecule has 0 atom stereocenters. The number of aromatic amines is 2. The van der Waals surface area contributed by atoms with Crippen LogP contribution < -0.4 is 50.3 Å². The molecule has 4 amide bonds. The molecule has 13 aromatic rings. The molecule has 0 aliphatic rings. The van der Waals surface area contributed by atoms with Crippen LogP contribution in [-0.2, 0) is 29.2 Å². The monoisotopic (exact) mass is 1590 g/mol. The summed E-state index contributed by atoms with van der Waals surface area (Å²) in [7, 11) is 11.8. The Morgan fingerprint density at radius 1 is 0.419 bits per heavy atom. The van der Waals surface area contributed by atoms with Crippen LogP contribution >= 0.6 is 0 Å². The number of anilines is 8. The summed E-state index contributed by atoms with van der Waals surface area (Å²) in [5, 5.41) is 22.1. The van der Waals surface area contributed by atoms with Crippen LogP contribution in [0.25, 0.3) is 102 Å². The zero-order valence-electron chi connectivity index (χ0n) is 69.3. The van der Waals surface area contributed by atoms with Gasteiger partial charge in [-0.15, -0.1) is 0 Å². The molecule has 0 aliphatic heterocycles. The number of carbonyl (C=O) groups is 4. The second kappa shape index (κ2) is 36.6. The molecule has 23 nitrogen and oxygen atoms in total. The second-order valence-corrected chi connectivity index (χ2v) is 31.0. The molecule has 0 spiro atoms. The van der Waals surface area contributed by atoms with E-state index < -0.39 is 10.0 Å². The fourth-order valence-corrected chi connectivity index (χ4v) is 15.1. The number of phenols is 1. The van der Waals surface area contributed by atoms with Gasteiger partial charge in [0.2, 0.25) is 23.6 Å². The lowest BCUT2D eigenvalue weighted by atomic mass is 10.0. The zero-order valence-corrected chi connectivity index (χ0v) is 70.1. The standard InChI is InChI=1S/C35H34N4O6S.C31H36N6O2.C27H30N4O/c1-5-44-30-16-12-25(13-17-30)33-34(26-14-18-31(19-15-26)45-6-2)39(46(42,43)32-10-8-7-9-11-32)35(38-33)27-20-28(36-23(3)40)22-29(21-27)37-24(4)41;1-18-15-23(16-19(2)28(18)33-21(4)39)31-34-29(22-9-11-24(12-10-22)36(5)6)30(35-31)26-14-13-25(37(7)8)17-27(26)32-20(3)38;1-17-15-18(2)26(32)23(16-17)27-28-24(19-7-11-21(12-8-19)30(3)4)25(29-27)20-9-13-22(14-10-20)31(5)6/h7-22H,5-6H2,1-4H3,(H,36,40)(H,37,41);9-17H,1-8H3,(H,32,38)(H,33,39)(H,34,35);7-16,32H,1-6H3,(H,28,29). The molecule has 0 fully saturated rings. The molecule has 0 bridgehead atoms. The average Bonchev–Trinajstić information content (AvgIpc) is 1.59. The number of rotatable bonds is 23. The number of benzene rings is 10. The molecule has 13 rings (SSSR count). The number of nitrogens with zero attached hydrogens (tertiary/aromatic N) is 8. The van der Waals surface area contributed by atoms with Gasteiger partial charge in [-0.25, -0.2) is 27.3 Å². The van der Waals surface area contributed by atoms with Crippen LogP contribution in [-0.4, -0.2) is 136 Å². The van der Waals surface area contributed by atoms with Crippen molar-refractivity contribution in [2.24, 2.45) is 0 Å². The summed E-state index contributed by atoms with van der Waals surface area (Å²) in [6.07, 6.45) is 0. The molecule has 10 aromatic carbocycles. The topological polar surface area (TPSA) is 277 Å². The summed E-state index contributed by atoms with van der Waals surface area (Å²) in [5.41, 5.74) is 21.5. The Morgan fingerprint density at radius 3 is 1.33 bits per heavy atom. The minimum absolute atomic E-state index is 0.0548. The van der Waals surface area contributed by atoms with E-state index >= 15 is 0 Å². The minimum atomic E-state index is -4.27. The molecule has 24 heteroatoms. The van der Waals surface area contributed by atoms with Gasteiger partial charge in [0.15, 0.2) is 5.82 Å². The van der Waals surface area contributed by atoms with Gasteiger partial charge in [-0.05, 0) is 215 Å². The van der Waals surface area contributed by atoms with Crippen molar-refractivity contribution < 1.29 is 42.2 Å². The van der Waals surface area contributed by atoms with Crippen LogP contribution in [0.2, 0.25) is 0 Å². The highest BCUT2D eigenvalue weighted by Gasteiger charge is 2.32. The Hall–Kier alpha value is -13.7. The molecule has 0 saturated carbocycles. The normalized spacial score (nSPS) is 11.0. The molecule has 602 valence electrons. The minimum Gasteiger partial charge on any atom is -0.507 e. The van der Waals surface area contributed by atoms with Crippen molar-refractivity contribution in [2.45, 2.75) is 74.1 Å². The van der Waals surface area contributed by atoms with Gasteiger partial charge < -0.3 is 65.4 Å². The quantitative estimate of drug-likeness (QED) is 0.0313. The third kappa shape index (κ3) is 19.9. The summed E-state index contributed by atoms with van der Waals surface area (Å²) in [6, 6.07) is 66.3. The fourth-order valence-electron chi connectivity index (χ4n) is 13.6. The van der Waals surface area contributed by atoms with Gasteiger partial charge in [-0.1, -0.05) is 60.7 Å². The maximum absolute atomic E-state index is 14.6. The summed E-state index contributed by atoms with van der Waals surface area (Å²) in [5.74, 6) is 2.06. The number of phenolic OH excluding ortho intramolecular Hbond substituents is 1. The number of nitrogens with one attached hydrogen (secondary N) is 6. The van der Waals surface area contributed by atoms with E-state index in [1.165, 1.54) is 43.8 Å². The van der Waals surface area contributed by atoms with E-state index in [0.29, 0.717) is 87.1 Å². The summed E-state index contributed by atoms with van der Waals surface area (Å²) in [6.45, 7) is 18.4. The SMILES string of the molecule is CC(=O)Nc1cc(N(C)C)ccc1-c1[nH]c(-c2cc(C)c(NC(C)=O)c(C)c2)nc1-c1ccc(N(C)C)cc1.CCOc1ccc(-c2nc(-c3cc(NC(C)=O)cc(NC(C)=O)c3)n(S(=O)(=O)c3ccccc3)c2-c2ccc(OCC)cc2)cc1.Cc1cc(C)c(O)c(-c2nc(-c3ccc(N(C)C)cc3)c(-c3ccc(N(C)C)cc3)[nH]2)c1. The predicted octanol–water partition coefficient (Wildman–Crippen LogP) is 18.8. The lowest BCUT2D eigenvalue weighted by Crippen LogP contribution is -2.16. The molecule has 3 aromatic heterocycles. The second-order valence-electron chi connectivity index (χ2n) is 29.2. The fraction of sp³-hybridized carbons (Fsp3) is 0.215. The van der Waals surface area contributed by atoms with E-state index in [1.54, 1.807) is 72.8 Å². The number of hydrogen-bond donors (Lipinski definition) is 7. The smallest absolute Gasteiger partial charge is 0.270 e. The number of aryl methyl sites for hydroxylation is 4. The number of aromatic hydroxyl groups is 1. The molecule has 0 radical (unpaired) electrons. The number of imidazole rings is 3. The lowest BCUT2D eigenvalue weighted by molar-refractivity contribution is -0.115. The average molecular weight is 1590 g/mol. The number of aromatic nitrogens is 6. The maximum atomic E-state index is 14.6. The van der Waals surface area contributed by atoms with Gasteiger partial charge in [-0.3, -0.25) is 19.2 Å². The summed E-state index contributed by atoms with van der Waals surface area (Å²) >= 11 is 0. The molecule has 0 aliphatic carbocycles. The van der Waals surface area contributed by atoms with Crippen molar-refractivity contribution in [2.75, 3.05) is 110 Å². The van der Waals surface area contributed by atoms with Crippen molar-refractivity contribution in [3.63, 3.8) is 0 Å². The van der Waals surface area contributed by atoms with Crippen molar-refractivity contribution in [1.82, 2.24) is 28.9 Å². The summed E-state index contributed by atoms with van der Waals surface area (Å²) < 4.78 is 41.8. The van der Waals surface area contributed by atoms with E-state index in [9.17, 15) is 32.7 Å². The third-order valence-electron chi connectivity index (χ3n) is 19.1. The molecule has 3 heterocycles. The van der Waals surface area contributed by atoms with Gasteiger partial charge in [0.05, 0.1) is 63.5 Å². The molecule has 117 heavy (non-hydrogen) atoms. The highest BCUT2D eigenvalue weighted by molar-refractivity contribution is 7.90. The molecular formula is C93H100N14O9S. The highest BCUT2D eigenvalue weighted by atomic mass is 32.2. The Labute approximate surface area is 684 Å². The molecular weight excluding hydrogens is 1490 g/mol. The van der Waals surface area contributed by atoms with Crippen molar-refractivity contribution in [1.29, 1.82) is 0 Å². The van der Waals surface area contributed by atoms with Crippen LogP contribution in [0.15, 0.2) is 217 Å². The predicted molar refractivity (Wildman–Crippen MR) is 475 cm³/mol. The van der Waals surface area contributed by atoms with Gasteiger partial charge in [0.1, 0.15) is 28.9 Å². The van der Waals surface area contributed by atoms with Crippen LogP contribution in [0.3, 0.4) is 0 Å². The highest BCUT2D eigenvalue weighted by Crippen LogP contribution is 2.45. The van der Waals surface area contributed by atoms with E-state index in [2.05, 4.69) is 119 Å². The van der Waals surface area contributed by atoms with E-state index in [1.807, 2.05) is 157 Å². The van der Waals surface area contributed by atoms with Gasteiger partial charge in [-0.2, -0.15) is 0 Å². The van der Waals surface area contributed by atoms with Crippen molar-refractivity contribution in [3.05, 3.63) is 235 Å². The number of carbonyl (C=O) groups excluding carboxylic acids is 4. The van der Waals surface area contributed by atoms with Crippen LogP contribution in [0.4, 0.5) is 45.5 Å². The van der Waals surface area contributed by atoms with Gasteiger partial charge in [0, 0.05) is 168 Å². The Kier molecular flexibility index (Phi) is 26.3. The van der Waals surface area contributed by atoms with Gasteiger partial charge >= 0.3 is 0 Å². The number of H-pyrrole nitrogens is 2. The lowest BCUT2D eigenvalue weighted by Gasteiger charge is -2.17. The van der Waals surface area contributed by atoms with Crippen LogP contribution in [0.5, 0.6) is 17.2 Å². The third-order valence-corrected chi connectivity index (χ3v) is 20.8. The first-order valence-electron chi connectivity index (χ1n) is 38.2. The number of hydrogen-bond acceptors (Lipinski definition) is 16. The van der Waals surface area contributed by atoms with Crippen molar-refractivity contribution >= 4 is 79.2 Å². The Morgan fingerprint density at radius 2 is 0.855 bits per heavy atom. The van der Waals surface area contributed by atoms with E-state index in [0.717, 1.165) is 101 Å². The maximum Gasteiger partial charge on any atom is 0.270 e. The molecule has 7 N–H and O–H groups in total. The zero-order chi connectivity index (χ0) is 84.3. The molecule has 0 saturated heterocycles. The number of ether oxygens (including phenoxy) is 2. The first-order valence-corrected chi connectivity index (χ1v) is 39.7. The first kappa shape index (κ1) is 84.2. The Balaban J connectivity index is 0.000000175. The first-order chi connectivity index (χ1) is 55.8. The van der Waals surface area contributed by atoms with E-state index in [-0.39, 0.29) is 40.1 Å². The van der Waals surface area contributed by atoms with E-state index in [4.69, 9.17) is 24.4 Å². The summed E-state index contributed by atoms with van der Waals surface area (Å²) in [4.78, 5) is 78.3. The number of amides is 4. The van der Waals surface area contributed by atoms with Gasteiger partial charge in [0.25, 0.3) is 10.0 Å².